The number of hydrogen-bond acceptors (Lipinski definition) is 1. The van der Waals surface area contributed by atoms with Gasteiger partial charge in [0.15, 0.2) is 0 Å². The number of carbonyl (C=O) groups is 1. The van der Waals surface area contributed by atoms with Crippen LogP contribution >= 0.6 is 0 Å². The molecular formula is C10H11NO. The van der Waals surface area contributed by atoms with Crippen molar-refractivity contribution in [2.75, 3.05) is 0 Å². The van der Waals surface area contributed by atoms with Crippen LogP contribution < -0.4 is 5.32 Å². The van der Waals surface area contributed by atoms with Crippen LogP contribution in [0.2, 0.25) is 0 Å². The third-order valence-corrected chi connectivity index (χ3v) is 2.37. The van der Waals surface area contributed by atoms with Crippen molar-refractivity contribution in [3.8, 4) is 0 Å². The van der Waals surface area contributed by atoms with Crippen molar-refractivity contribution in [1.29, 1.82) is 0 Å². The number of benzene rings is 1. The molecular weight excluding hydrogens is 150 g/mol. The molecule has 0 radical (unpaired) electrons. The predicted octanol–water partition coefficient (Wildman–Crippen LogP) is 1.49. The molecule has 1 heterocycles. The molecule has 1 aromatic rings. The van der Waals surface area contributed by atoms with Gasteiger partial charge in [0.05, 0.1) is 12.0 Å². The molecule has 1 amide bonds. The van der Waals surface area contributed by atoms with E-state index in [1.165, 1.54) is 5.56 Å². The molecule has 2 heteroatoms. The quantitative estimate of drug-likeness (QED) is 0.621. The number of rotatable bonds is 1. The molecule has 0 aromatic heterocycles. The lowest BCUT2D eigenvalue weighted by Crippen LogP contribution is -2.49. The maximum absolute atomic E-state index is 10.9. The van der Waals surface area contributed by atoms with E-state index in [1.807, 2.05) is 37.3 Å². The van der Waals surface area contributed by atoms with Crippen LogP contribution in [-0.2, 0) is 4.79 Å². The summed E-state index contributed by atoms with van der Waals surface area (Å²) in [5, 5.41) is 2.87. The van der Waals surface area contributed by atoms with E-state index in [-0.39, 0.29) is 17.9 Å². The summed E-state index contributed by atoms with van der Waals surface area (Å²) in [6.45, 7) is 1.95. The van der Waals surface area contributed by atoms with Crippen LogP contribution in [-0.4, -0.2) is 5.91 Å². The number of amides is 1. The summed E-state index contributed by atoms with van der Waals surface area (Å²) in [5.74, 6) is 0.288. The fourth-order valence-corrected chi connectivity index (χ4v) is 1.50. The smallest absolute Gasteiger partial charge is 0.225 e. The van der Waals surface area contributed by atoms with E-state index in [0.29, 0.717) is 0 Å². The van der Waals surface area contributed by atoms with E-state index in [4.69, 9.17) is 0 Å². The Balaban J connectivity index is 2.18. The van der Waals surface area contributed by atoms with Gasteiger partial charge in [-0.25, -0.2) is 0 Å². The summed E-state index contributed by atoms with van der Waals surface area (Å²) in [4.78, 5) is 10.9. The standard InChI is InChI=1S/C10H11NO/c1-7-9(11-10(7)12)8-5-3-2-4-6-8/h2-7,9H,1H3,(H,11,12)/t7-,9-/m1/s1. The van der Waals surface area contributed by atoms with Gasteiger partial charge in [-0.3, -0.25) is 4.79 Å². The Hall–Kier alpha value is -1.31. The first-order valence-corrected chi connectivity index (χ1v) is 4.14. The molecule has 1 fully saturated rings. The molecule has 2 atom stereocenters. The summed E-state index contributed by atoms with van der Waals surface area (Å²) in [7, 11) is 0. The molecule has 2 nitrogen and oxygen atoms in total. The molecule has 0 saturated carbocycles. The average Bonchev–Trinajstić information content (AvgIpc) is 2.15. The lowest BCUT2D eigenvalue weighted by molar-refractivity contribution is -0.134. The SMILES string of the molecule is C[C@H]1C(=O)N[C@H]1c1ccccc1. The van der Waals surface area contributed by atoms with Gasteiger partial charge in [0.2, 0.25) is 5.91 Å². The van der Waals surface area contributed by atoms with E-state index in [0.717, 1.165) is 0 Å². The highest BCUT2D eigenvalue weighted by Crippen LogP contribution is 2.29. The van der Waals surface area contributed by atoms with Gasteiger partial charge in [-0.15, -0.1) is 0 Å². The number of carbonyl (C=O) groups excluding carboxylic acids is 1. The Morgan fingerprint density at radius 1 is 1.25 bits per heavy atom. The highest BCUT2D eigenvalue weighted by Gasteiger charge is 2.35. The zero-order chi connectivity index (χ0) is 8.55. The molecule has 0 unspecified atom stereocenters. The molecule has 1 saturated heterocycles. The van der Waals surface area contributed by atoms with Gasteiger partial charge in [-0.1, -0.05) is 37.3 Å². The third-order valence-electron chi connectivity index (χ3n) is 2.37. The lowest BCUT2D eigenvalue weighted by Gasteiger charge is -2.34. The van der Waals surface area contributed by atoms with E-state index >= 15 is 0 Å². The highest BCUT2D eigenvalue weighted by atomic mass is 16.2. The highest BCUT2D eigenvalue weighted by molar-refractivity contribution is 5.85. The van der Waals surface area contributed by atoms with Gasteiger partial charge < -0.3 is 5.32 Å². The molecule has 1 aliphatic heterocycles. The summed E-state index contributed by atoms with van der Waals surface area (Å²) in [5.41, 5.74) is 1.20. The van der Waals surface area contributed by atoms with Gasteiger partial charge in [-0.2, -0.15) is 0 Å². The van der Waals surface area contributed by atoms with Crippen LogP contribution in [0.4, 0.5) is 0 Å². The molecule has 1 aromatic carbocycles. The average molecular weight is 161 g/mol. The van der Waals surface area contributed by atoms with Crippen LogP contribution in [0.15, 0.2) is 30.3 Å². The minimum Gasteiger partial charge on any atom is -0.348 e. The first-order valence-electron chi connectivity index (χ1n) is 4.14. The lowest BCUT2D eigenvalue weighted by atomic mass is 9.87. The molecule has 0 bridgehead atoms. The van der Waals surface area contributed by atoms with Gasteiger partial charge in [0.25, 0.3) is 0 Å². The first kappa shape index (κ1) is 7.35. The molecule has 0 aliphatic carbocycles. The number of β-lactam (4-membered cyclic amide) rings is 1. The van der Waals surface area contributed by atoms with Crippen molar-refractivity contribution in [1.82, 2.24) is 5.32 Å². The van der Waals surface area contributed by atoms with Crippen molar-refractivity contribution in [3.63, 3.8) is 0 Å². The van der Waals surface area contributed by atoms with Crippen LogP contribution in [0.5, 0.6) is 0 Å². The maximum atomic E-state index is 10.9. The zero-order valence-corrected chi connectivity index (χ0v) is 6.95. The topological polar surface area (TPSA) is 29.1 Å². The third kappa shape index (κ3) is 0.998. The van der Waals surface area contributed by atoms with E-state index in [2.05, 4.69) is 5.32 Å². The Labute approximate surface area is 71.6 Å². The molecule has 12 heavy (non-hydrogen) atoms. The van der Waals surface area contributed by atoms with E-state index in [9.17, 15) is 4.79 Å². The summed E-state index contributed by atoms with van der Waals surface area (Å²) in [6.07, 6.45) is 0. The van der Waals surface area contributed by atoms with Crippen LogP contribution in [0.1, 0.15) is 18.5 Å². The molecule has 1 aliphatic rings. The molecule has 62 valence electrons. The second-order valence-electron chi connectivity index (χ2n) is 3.19. The number of hydrogen-bond donors (Lipinski definition) is 1. The summed E-state index contributed by atoms with van der Waals surface area (Å²) in [6, 6.07) is 10.3. The van der Waals surface area contributed by atoms with Crippen molar-refractivity contribution < 1.29 is 4.79 Å². The second-order valence-corrected chi connectivity index (χ2v) is 3.19. The van der Waals surface area contributed by atoms with Crippen molar-refractivity contribution in [3.05, 3.63) is 35.9 Å². The Morgan fingerprint density at radius 2 is 1.92 bits per heavy atom. The van der Waals surface area contributed by atoms with Crippen LogP contribution in [0.3, 0.4) is 0 Å². The fraction of sp³-hybridized carbons (Fsp3) is 0.300. The predicted molar refractivity (Wildman–Crippen MR) is 46.5 cm³/mol. The fourth-order valence-electron chi connectivity index (χ4n) is 1.50. The second kappa shape index (κ2) is 2.63. The van der Waals surface area contributed by atoms with Crippen molar-refractivity contribution >= 4 is 5.91 Å². The van der Waals surface area contributed by atoms with E-state index in [1.54, 1.807) is 0 Å². The Bertz CT molecular complexity index is 294. The van der Waals surface area contributed by atoms with Crippen LogP contribution in [0, 0.1) is 5.92 Å². The summed E-state index contributed by atoms with van der Waals surface area (Å²) >= 11 is 0. The Morgan fingerprint density at radius 3 is 2.42 bits per heavy atom. The van der Waals surface area contributed by atoms with Gasteiger partial charge >= 0.3 is 0 Å². The minimum atomic E-state index is 0.132. The summed E-state index contributed by atoms with van der Waals surface area (Å²) < 4.78 is 0. The van der Waals surface area contributed by atoms with Crippen molar-refractivity contribution in [2.45, 2.75) is 13.0 Å². The van der Waals surface area contributed by atoms with Gasteiger partial charge in [0, 0.05) is 0 Å². The monoisotopic (exact) mass is 161 g/mol. The van der Waals surface area contributed by atoms with Gasteiger partial charge in [0.1, 0.15) is 0 Å². The normalized spacial score (nSPS) is 27.6. The molecule has 0 spiro atoms. The van der Waals surface area contributed by atoms with E-state index < -0.39 is 0 Å². The van der Waals surface area contributed by atoms with Gasteiger partial charge in [-0.05, 0) is 5.56 Å². The minimum absolute atomic E-state index is 0.132. The zero-order valence-electron chi connectivity index (χ0n) is 6.95. The first-order chi connectivity index (χ1) is 5.79. The number of nitrogens with one attached hydrogen (secondary N) is 1. The Kier molecular flexibility index (Phi) is 1.61. The maximum Gasteiger partial charge on any atom is 0.225 e. The van der Waals surface area contributed by atoms with Crippen molar-refractivity contribution in [2.24, 2.45) is 5.92 Å². The van der Waals surface area contributed by atoms with Crippen LogP contribution in [0.25, 0.3) is 0 Å². The molecule has 1 N–H and O–H groups in total. The largest absolute Gasteiger partial charge is 0.348 e. The molecule has 2 rings (SSSR count).